The van der Waals surface area contributed by atoms with Gasteiger partial charge in [-0.2, -0.15) is 0 Å². The predicted octanol–water partition coefficient (Wildman–Crippen LogP) is 3.69. The monoisotopic (exact) mass is 244 g/mol. The Labute approximate surface area is 69.4 Å². The van der Waals surface area contributed by atoms with E-state index >= 15 is 0 Å². The SMILES string of the molecule is CCCC/C=C(\Cl)I. The summed E-state index contributed by atoms with van der Waals surface area (Å²) in [5.41, 5.74) is 0. The summed E-state index contributed by atoms with van der Waals surface area (Å²) in [7, 11) is 0. The fourth-order valence-electron chi connectivity index (χ4n) is 0.415. The van der Waals surface area contributed by atoms with E-state index in [0.29, 0.717) is 0 Å². The third kappa shape index (κ3) is 6.76. The van der Waals surface area contributed by atoms with Crippen LogP contribution in [0.25, 0.3) is 0 Å². The summed E-state index contributed by atoms with van der Waals surface area (Å²) in [5.74, 6) is 0. The van der Waals surface area contributed by atoms with Crippen molar-refractivity contribution in [3.63, 3.8) is 0 Å². The molecule has 0 saturated heterocycles. The van der Waals surface area contributed by atoms with Crippen LogP contribution in [-0.2, 0) is 0 Å². The number of halogens is 2. The molecule has 0 amide bonds. The van der Waals surface area contributed by atoms with Crippen molar-refractivity contribution < 1.29 is 0 Å². The van der Waals surface area contributed by atoms with E-state index in [1.807, 2.05) is 6.08 Å². The summed E-state index contributed by atoms with van der Waals surface area (Å²) in [6, 6.07) is 0. The molecule has 0 radical (unpaired) electrons. The number of hydrogen-bond donors (Lipinski definition) is 0. The van der Waals surface area contributed by atoms with Gasteiger partial charge in [-0.25, -0.2) is 0 Å². The molecule has 0 spiro atoms. The number of rotatable bonds is 3. The van der Waals surface area contributed by atoms with Gasteiger partial charge in [0.2, 0.25) is 0 Å². The van der Waals surface area contributed by atoms with Crippen molar-refractivity contribution in [1.82, 2.24) is 0 Å². The van der Waals surface area contributed by atoms with Gasteiger partial charge in [-0.05, 0) is 29.0 Å². The highest BCUT2D eigenvalue weighted by molar-refractivity contribution is 14.1. The van der Waals surface area contributed by atoms with Crippen LogP contribution < -0.4 is 0 Å². The third-order valence-corrected chi connectivity index (χ3v) is 1.45. The van der Waals surface area contributed by atoms with Crippen molar-refractivity contribution in [3.05, 3.63) is 9.12 Å². The van der Waals surface area contributed by atoms with Crippen LogP contribution in [0.15, 0.2) is 9.12 Å². The number of allylic oxidation sites excluding steroid dienone is 1. The molecule has 0 heterocycles. The van der Waals surface area contributed by atoms with Crippen molar-refractivity contribution >= 4 is 34.2 Å². The smallest absolute Gasteiger partial charge is 0.0749 e. The van der Waals surface area contributed by atoms with Crippen LogP contribution in [0.1, 0.15) is 26.2 Å². The number of unbranched alkanes of at least 4 members (excludes halogenated alkanes) is 2. The molecule has 0 aliphatic heterocycles. The van der Waals surface area contributed by atoms with Crippen LogP contribution >= 0.6 is 34.2 Å². The molecule has 0 aliphatic carbocycles. The van der Waals surface area contributed by atoms with Gasteiger partial charge < -0.3 is 0 Å². The lowest BCUT2D eigenvalue weighted by Gasteiger charge is -1.86. The van der Waals surface area contributed by atoms with Gasteiger partial charge in [0.15, 0.2) is 0 Å². The average Bonchev–Trinajstić information content (AvgIpc) is 1.66. The van der Waals surface area contributed by atoms with Gasteiger partial charge in [-0.15, -0.1) is 0 Å². The maximum atomic E-state index is 5.56. The summed E-state index contributed by atoms with van der Waals surface area (Å²) in [5, 5.41) is 0. The first-order valence-corrected chi connectivity index (χ1v) is 4.24. The normalized spacial score (nSPS) is 12.1. The molecular formula is C6H10ClI. The van der Waals surface area contributed by atoms with Crippen LogP contribution in [-0.4, -0.2) is 0 Å². The average molecular weight is 245 g/mol. The molecule has 0 unspecified atom stereocenters. The molecule has 0 bridgehead atoms. The van der Waals surface area contributed by atoms with Crippen LogP contribution in [0.3, 0.4) is 0 Å². The molecule has 0 aromatic rings. The Hall–Kier alpha value is 0.760. The van der Waals surface area contributed by atoms with Crippen LogP contribution in [0.4, 0.5) is 0 Å². The maximum absolute atomic E-state index is 5.56. The Morgan fingerprint density at radius 2 is 2.38 bits per heavy atom. The van der Waals surface area contributed by atoms with Crippen LogP contribution in [0, 0.1) is 0 Å². The van der Waals surface area contributed by atoms with Gasteiger partial charge in [-0.3, -0.25) is 0 Å². The van der Waals surface area contributed by atoms with Crippen LogP contribution in [0.2, 0.25) is 0 Å². The first kappa shape index (κ1) is 8.76. The van der Waals surface area contributed by atoms with Crippen molar-refractivity contribution in [3.8, 4) is 0 Å². The Kier molecular flexibility index (Phi) is 6.45. The summed E-state index contributed by atoms with van der Waals surface area (Å²) in [6.07, 6.45) is 5.67. The number of hydrogen-bond acceptors (Lipinski definition) is 0. The van der Waals surface area contributed by atoms with Gasteiger partial charge in [0.05, 0.1) is 3.04 Å². The van der Waals surface area contributed by atoms with Gasteiger partial charge in [0, 0.05) is 0 Å². The van der Waals surface area contributed by atoms with Crippen molar-refractivity contribution in [2.45, 2.75) is 26.2 Å². The van der Waals surface area contributed by atoms with Gasteiger partial charge >= 0.3 is 0 Å². The van der Waals surface area contributed by atoms with Crippen molar-refractivity contribution in [2.24, 2.45) is 0 Å². The van der Waals surface area contributed by atoms with E-state index in [2.05, 4.69) is 29.5 Å². The zero-order chi connectivity index (χ0) is 6.41. The summed E-state index contributed by atoms with van der Waals surface area (Å²) in [4.78, 5) is 0. The highest BCUT2D eigenvalue weighted by Crippen LogP contribution is 2.12. The van der Waals surface area contributed by atoms with E-state index in [-0.39, 0.29) is 0 Å². The molecule has 0 aromatic carbocycles. The van der Waals surface area contributed by atoms with Crippen molar-refractivity contribution in [2.75, 3.05) is 0 Å². The van der Waals surface area contributed by atoms with Crippen LogP contribution in [0.5, 0.6) is 0 Å². The fraction of sp³-hybridized carbons (Fsp3) is 0.667. The van der Waals surface area contributed by atoms with E-state index in [9.17, 15) is 0 Å². The second kappa shape index (κ2) is 5.89. The zero-order valence-electron chi connectivity index (χ0n) is 4.95. The minimum atomic E-state index is 0.885. The minimum absolute atomic E-state index is 0.885. The highest BCUT2D eigenvalue weighted by atomic mass is 127. The molecule has 0 N–H and O–H groups in total. The Morgan fingerprint density at radius 3 is 2.75 bits per heavy atom. The fourth-order valence-corrected chi connectivity index (χ4v) is 0.836. The molecule has 0 aromatic heterocycles. The lowest BCUT2D eigenvalue weighted by molar-refractivity contribution is 0.815. The molecule has 0 fully saturated rings. The Bertz CT molecular complexity index is 74.6. The second-order valence-corrected chi connectivity index (χ2v) is 3.84. The van der Waals surface area contributed by atoms with Gasteiger partial charge in [-0.1, -0.05) is 37.4 Å². The maximum Gasteiger partial charge on any atom is 0.0749 e. The van der Waals surface area contributed by atoms with E-state index < -0.39 is 0 Å². The standard InChI is InChI=1S/C6H10ClI/c1-2-3-4-5-6(7)8/h5H,2-4H2,1H3/b6-5+. The first-order chi connectivity index (χ1) is 3.77. The van der Waals surface area contributed by atoms with Gasteiger partial charge in [0.1, 0.15) is 0 Å². The lowest BCUT2D eigenvalue weighted by Crippen LogP contribution is -1.65. The van der Waals surface area contributed by atoms with E-state index in [1.54, 1.807) is 0 Å². The second-order valence-electron chi connectivity index (χ2n) is 1.64. The Balaban J connectivity index is 3.03. The van der Waals surface area contributed by atoms with E-state index in [0.717, 1.165) is 9.46 Å². The minimum Gasteiger partial charge on any atom is -0.0775 e. The molecule has 8 heavy (non-hydrogen) atoms. The van der Waals surface area contributed by atoms with Gasteiger partial charge in [0.25, 0.3) is 0 Å². The molecule has 0 aliphatic rings. The molecule has 48 valence electrons. The molecule has 0 nitrogen and oxygen atoms in total. The topological polar surface area (TPSA) is 0 Å². The van der Waals surface area contributed by atoms with E-state index in [4.69, 9.17) is 11.6 Å². The molecule has 0 atom stereocenters. The summed E-state index contributed by atoms with van der Waals surface area (Å²) in [6.45, 7) is 2.18. The first-order valence-electron chi connectivity index (χ1n) is 2.78. The molecule has 2 heteroatoms. The van der Waals surface area contributed by atoms with Crippen molar-refractivity contribution in [1.29, 1.82) is 0 Å². The zero-order valence-corrected chi connectivity index (χ0v) is 7.87. The predicted molar refractivity (Wildman–Crippen MR) is 47.5 cm³/mol. The molecule has 0 rings (SSSR count). The molecule has 0 saturated carbocycles. The third-order valence-electron chi connectivity index (χ3n) is 0.856. The quantitative estimate of drug-likeness (QED) is 0.525. The largest absolute Gasteiger partial charge is 0.0775 e. The highest BCUT2D eigenvalue weighted by Gasteiger charge is 1.81. The summed E-state index contributed by atoms with van der Waals surface area (Å²) >= 11 is 7.67. The molecular weight excluding hydrogens is 234 g/mol. The lowest BCUT2D eigenvalue weighted by atomic mass is 10.2. The Morgan fingerprint density at radius 1 is 1.75 bits per heavy atom. The summed E-state index contributed by atoms with van der Waals surface area (Å²) < 4.78 is 0.885. The van der Waals surface area contributed by atoms with E-state index in [1.165, 1.54) is 12.8 Å².